The van der Waals surface area contributed by atoms with Gasteiger partial charge >= 0.3 is 12.3 Å². The van der Waals surface area contributed by atoms with Gasteiger partial charge in [0.25, 0.3) is 0 Å². The molecule has 234 valence electrons. The largest absolute Gasteiger partial charge is 0.446 e. The zero-order valence-electron chi connectivity index (χ0n) is 26.7. The molecule has 3 rings (SSSR count). The molecular formula is C31H55F3N2O4. The van der Waals surface area contributed by atoms with Crippen molar-refractivity contribution in [3.05, 3.63) is 0 Å². The second-order valence-corrected chi connectivity index (χ2v) is 11.9. The number of hydrogen-bond acceptors (Lipinski definition) is 5. The minimum Gasteiger partial charge on any atom is -0.444 e. The van der Waals surface area contributed by atoms with Gasteiger partial charge in [-0.3, -0.25) is 14.6 Å². The Labute approximate surface area is 242 Å². The highest BCUT2D eigenvalue weighted by atomic mass is 19.4. The summed E-state index contributed by atoms with van der Waals surface area (Å²) in [7, 11) is 0. The predicted octanol–water partition coefficient (Wildman–Crippen LogP) is 8.79. The maximum absolute atomic E-state index is 12.1. The molecule has 2 atom stereocenters. The Morgan fingerprint density at radius 3 is 1.98 bits per heavy atom. The van der Waals surface area contributed by atoms with Crippen LogP contribution in [0.15, 0.2) is 4.99 Å². The summed E-state index contributed by atoms with van der Waals surface area (Å²) in [6, 6.07) is 0.597. The SMILES string of the molecule is C[C@@H](CCC(=O)C1CCCCC1)NC(=O)OC(C)(C)C.C[C@H]1CCC(C2CCCCC2)=N1.O=CC(F)(F)F.[2H]CC. The molecule has 6 nitrogen and oxygen atoms in total. The summed E-state index contributed by atoms with van der Waals surface area (Å²) in [5, 5.41) is 2.78. The van der Waals surface area contributed by atoms with Crippen LogP contribution in [0, 0.1) is 11.8 Å². The number of ether oxygens (including phenoxy) is 1. The van der Waals surface area contributed by atoms with E-state index in [2.05, 4.69) is 12.2 Å². The van der Waals surface area contributed by atoms with Gasteiger partial charge in [0.15, 0.2) is 0 Å². The van der Waals surface area contributed by atoms with E-state index in [1.165, 1.54) is 64.2 Å². The van der Waals surface area contributed by atoms with Gasteiger partial charge < -0.3 is 10.1 Å². The number of alkyl carbamates (subject to hydrolysis) is 1. The number of nitrogens with zero attached hydrogens (tertiary/aromatic N) is 1. The fourth-order valence-electron chi connectivity index (χ4n) is 5.08. The summed E-state index contributed by atoms with van der Waals surface area (Å²) in [4.78, 5) is 37.1. The molecule has 1 N–H and O–H groups in total. The summed E-state index contributed by atoms with van der Waals surface area (Å²) in [5.74, 6) is 1.50. The number of hydrogen-bond donors (Lipinski definition) is 1. The number of amides is 1. The summed E-state index contributed by atoms with van der Waals surface area (Å²) in [6.45, 7) is 12.0. The van der Waals surface area contributed by atoms with Crippen LogP contribution in [0.3, 0.4) is 0 Å². The molecule has 1 aliphatic heterocycles. The molecule has 0 saturated heterocycles. The molecule has 0 radical (unpaired) electrons. The number of ketones is 1. The highest BCUT2D eigenvalue weighted by Gasteiger charge is 2.25. The third-order valence-corrected chi connectivity index (χ3v) is 7.06. The van der Waals surface area contributed by atoms with Crippen LogP contribution in [0.4, 0.5) is 18.0 Å². The average Bonchev–Trinajstić information content (AvgIpc) is 3.34. The van der Waals surface area contributed by atoms with Crippen LogP contribution >= 0.6 is 0 Å². The van der Waals surface area contributed by atoms with Gasteiger partial charge in [-0.25, -0.2) is 4.79 Å². The van der Waals surface area contributed by atoms with Gasteiger partial charge in [-0.15, -0.1) is 0 Å². The van der Waals surface area contributed by atoms with E-state index in [1.807, 2.05) is 27.7 Å². The monoisotopic (exact) mass is 577 g/mol. The number of rotatable bonds is 6. The Bertz CT molecular complexity index is 772. The van der Waals surface area contributed by atoms with E-state index in [-0.39, 0.29) is 12.0 Å². The number of halogens is 3. The molecule has 40 heavy (non-hydrogen) atoms. The topological polar surface area (TPSA) is 84.8 Å². The highest BCUT2D eigenvalue weighted by Crippen LogP contribution is 2.29. The van der Waals surface area contributed by atoms with E-state index in [0.717, 1.165) is 18.8 Å². The van der Waals surface area contributed by atoms with Gasteiger partial charge in [0.1, 0.15) is 11.4 Å². The number of nitrogens with one attached hydrogen (secondary N) is 1. The van der Waals surface area contributed by atoms with Crippen LogP contribution in [-0.2, 0) is 14.3 Å². The number of alkyl halides is 3. The van der Waals surface area contributed by atoms with Crippen molar-refractivity contribution in [3.8, 4) is 0 Å². The van der Waals surface area contributed by atoms with E-state index in [9.17, 15) is 22.8 Å². The third-order valence-electron chi connectivity index (χ3n) is 7.06. The molecule has 0 aromatic carbocycles. The first-order chi connectivity index (χ1) is 19.1. The molecule has 1 amide bonds. The number of carbonyl (C=O) groups is 3. The van der Waals surface area contributed by atoms with E-state index < -0.39 is 24.2 Å². The first-order valence-electron chi connectivity index (χ1n) is 15.7. The zero-order valence-corrected chi connectivity index (χ0v) is 25.7. The van der Waals surface area contributed by atoms with Gasteiger partial charge in [0.05, 0.1) is 0 Å². The fraction of sp³-hybridized carbons (Fsp3) is 0.871. The predicted molar refractivity (Wildman–Crippen MR) is 156 cm³/mol. The van der Waals surface area contributed by atoms with Crippen LogP contribution < -0.4 is 5.32 Å². The molecule has 2 saturated carbocycles. The highest BCUT2D eigenvalue weighted by molar-refractivity contribution is 5.88. The van der Waals surface area contributed by atoms with Crippen LogP contribution in [-0.4, -0.2) is 47.7 Å². The molecule has 3 aliphatic rings. The second kappa shape index (κ2) is 20.0. The minimum atomic E-state index is -4.64. The summed E-state index contributed by atoms with van der Waals surface area (Å²) < 4.78 is 42.7. The van der Waals surface area contributed by atoms with Crippen LogP contribution in [0.5, 0.6) is 0 Å². The first-order valence-corrected chi connectivity index (χ1v) is 15.0. The summed E-state index contributed by atoms with van der Waals surface area (Å²) in [6.07, 6.45) is 10.7. The summed E-state index contributed by atoms with van der Waals surface area (Å²) in [5.41, 5.74) is 1.07. The van der Waals surface area contributed by atoms with Gasteiger partial charge in [-0.2, -0.15) is 13.2 Å². The molecule has 0 spiro atoms. The first kappa shape index (κ1) is 36.1. The van der Waals surface area contributed by atoms with Crippen LogP contribution in [0.25, 0.3) is 0 Å². The number of carbonyl (C=O) groups excluding carboxylic acids is 3. The standard InChI is InChI=1S/C16H29NO3.C11H19N.C2HF3O.C2H6/c1-12(17-15(19)20-16(2,3)4)10-11-14(18)13-8-6-5-7-9-13;1-9-7-8-11(12-9)10-5-3-2-4-6-10;3-2(4,5)1-6;1-2/h12-13H,5-11H2,1-4H3,(H,17,19);9-10H,2-8H2,1H3;1H;1-2H3/t12-;9-;;/m00../s1/i;;;1D. The van der Waals surface area contributed by atoms with Crippen molar-refractivity contribution < 1.29 is 33.7 Å². The lowest BCUT2D eigenvalue weighted by atomic mass is 9.84. The molecule has 0 unspecified atom stereocenters. The van der Waals surface area contributed by atoms with Gasteiger partial charge in [0, 0.05) is 31.5 Å². The maximum atomic E-state index is 12.1. The Morgan fingerprint density at radius 2 is 1.55 bits per heavy atom. The Kier molecular flexibility index (Phi) is 18.1. The van der Waals surface area contributed by atoms with Crippen molar-refractivity contribution in [2.75, 3.05) is 0 Å². The number of Topliss-reactive ketones (excluding diaryl/α,β-unsaturated/α-hetero) is 1. The number of aliphatic imine (C=N–C) groups is 1. The van der Waals surface area contributed by atoms with E-state index in [1.54, 1.807) is 12.6 Å². The molecule has 2 aliphatic carbocycles. The Balaban J connectivity index is 0.000000638. The molecule has 0 aromatic heterocycles. The molecule has 1 heterocycles. The third kappa shape index (κ3) is 19.2. The molecular weight excluding hydrogens is 521 g/mol. The van der Waals surface area contributed by atoms with Crippen LogP contribution in [0.2, 0.25) is 0 Å². The lowest BCUT2D eigenvalue weighted by Gasteiger charge is -2.23. The van der Waals surface area contributed by atoms with Crippen molar-refractivity contribution >= 4 is 23.9 Å². The minimum absolute atomic E-state index is 0.0302. The van der Waals surface area contributed by atoms with Gasteiger partial charge in [0.2, 0.25) is 6.29 Å². The normalized spacial score (nSPS) is 21.0. The molecule has 2 fully saturated rings. The molecule has 9 heteroatoms. The fourth-order valence-corrected chi connectivity index (χ4v) is 5.08. The lowest BCUT2D eigenvalue weighted by Crippen LogP contribution is -2.38. The Hall–Kier alpha value is -1.93. The van der Waals surface area contributed by atoms with Crippen molar-refractivity contribution in [2.24, 2.45) is 16.8 Å². The average molecular weight is 578 g/mol. The van der Waals surface area contributed by atoms with Gasteiger partial charge in [-0.1, -0.05) is 52.3 Å². The number of aldehydes is 1. The zero-order chi connectivity index (χ0) is 31.5. The van der Waals surface area contributed by atoms with Crippen molar-refractivity contribution in [2.45, 2.75) is 162 Å². The van der Waals surface area contributed by atoms with Crippen molar-refractivity contribution in [1.82, 2.24) is 5.32 Å². The van der Waals surface area contributed by atoms with E-state index >= 15 is 0 Å². The van der Waals surface area contributed by atoms with Crippen LogP contribution in [0.1, 0.15) is 140 Å². The van der Waals surface area contributed by atoms with Gasteiger partial charge in [-0.05, 0) is 85.5 Å². The Morgan fingerprint density at radius 1 is 1.05 bits per heavy atom. The van der Waals surface area contributed by atoms with Crippen molar-refractivity contribution in [3.63, 3.8) is 0 Å². The molecule has 0 aromatic rings. The maximum Gasteiger partial charge on any atom is 0.446 e. The van der Waals surface area contributed by atoms with Crippen molar-refractivity contribution in [1.29, 1.82) is 0 Å². The smallest absolute Gasteiger partial charge is 0.444 e. The molecule has 0 bridgehead atoms. The lowest BCUT2D eigenvalue weighted by molar-refractivity contribution is -0.156. The summed E-state index contributed by atoms with van der Waals surface area (Å²) >= 11 is 0. The second-order valence-electron chi connectivity index (χ2n) is 11.9. The van der Waals surface area contributed by atoms with E-state index in [0.29, 0.717) is 31.6 Å². The quantitative estimate of drug-likeness (QED) is 0.320. The van der Waals surface area contributed by atoms with E-state index in [4.69, 9.17) is 15.9 Å².